The van der Waals surface area contributed by atoms with Gasteiger partial charge >= 0.3 is 0 Å². The molecule has 0 fully saturated rings. The first kappa shape index (κ1) is 12.7. The van der Waals surface area contributed by atoms with Crippen molar-refractivity contribution in [3.05, 3.63) is 18.2 Å². The van der Waals surface area contributed by atoms with Gasteiger partial charge in [-0.3, -0.25) is 4.79 Å². The van der Waals surface area contributed by atoms with Crippen molar-refractivity contribution in [2.75, 3.05) is 31.7 Å². The molecule has 5 heteroatoms. The number of carbonyl (C=O) groups is 1. The van der Waals surface area contributed by atoms with E-state index in [9.17, 15) is 4.79 Å². The molecule has 1 aromatic rings. The molecule has 2 N–H and O–H groups in total. The average Bonchev–Trinajstić information content (AvgIpc) is 2.62. The second-order valence-electron chi connectivity index (χ2n) is 4.17. The van der Waals surface area contributed by atoms with Crippen LogP contribution in [-0.2, 0) is 4.79 Å². The molecule has 0 aromatic heterocycles. The number of anilines is 1. The van der Waals surface area contributed by atoms with Crippen molar-refractivity contribution in [2.24, 2.45) is 5.73 Å². The first-order valence-corrected chi connectivity index (χ1v) is 6.08. The van der Waals surface area contributed by atoms with Gasteiger partial charge in [-0.25, -0.2) is 0 Å². The van der Waals surface area contributed by atoms with Gasteiger partial charge in [0.05, 0.1) is 13.2 Å². The molecule has 0 atom stereocenters. The van der Waals surface area contributed by atoms with Crippen LogP contribution in [-0.4, -0.2) is 32.7 Å². The van der Waals surface area contributed by atoms with Crippen LogP contribution in [0.25, 0.3) is 0 Å². The van der Waals surface area contributed by atoms with E-state index in [1.165, 1.54) is 0 Å². The van der Waals surface area contributed by atoms with Crippen LogP contribution in [0.4, 0.5) is 5.69 Å². The van der Waals surface area contributed by atoms with E-state index in [0.717, 1.165) is 17.9 Å². The standard InChI is InChI=1S/C13H18N2O3/c1-15(13(16)5-6-14)10-3-4-11-12(9-10)18-8-2-7-17-11/h3-4,9H,2,5-8,14H2,1H3. The van der Waals surface area contributed by atoms with Crippen LogP contribution in [0.1, 0.15) is 12.8 Å². The van der Waals surface area contributed by atoms with E-state index >= 15 is 0 Å². The van der Waals surface area contributed by atoms with Crippen molar-refractivity contribution >= 4 is 11.6 Å². The SMILES string of the molecule is CN(C(=O)CCN)c1ccc2c(c1)OCCCO2. The Hall–Kier alpha value is -1.75. The summed E-state index contributed by atoms with van der Waals surface area (Å²) in [6.45, 7) is 1.65. The fourth-order valence-corrected chi connectivity index (χ4v) is 1.80. The van der Waals surface area contributed by atoms with Crippen LogP contribution in [0.5, 0.6) is 11.5 Å². The number of nitrogens with zero attached hydrogens (tertiary/aromatic N) is 1. The van der Waals surface area contributed by atoms with Crippen LogP contribution < -0.4 is 20.1 Å². The second-order valence-corrected chi connectivity index (χ2v) is 4.17. The highest BCUT2D eigenvalue weighted by Crippen LogP contribution is 2.33. The summed E-state index contributed by atoms with van der Waals surface area (Å²) in [4.78, 5) is 13.3. The molecule has 0 saturated heterocycles. The minimum atomic E-state index is -0.00742. The molecule has 1 amide bonds. The van der Waals surface area contributed by atoms with E-state index in [0.29, 0.717) is 31.9 Å². The summed E-state index contributed by atoms with van der Waals surface area (Å²) in [7, 11) is 1.73. The van der Waals surface area contributed by atoms with Gasteiger partial charge in [-0.05, 0) is 12.1 Å². The highest BCUT2D eigenvalue weighted by atomic mass is 16.5. The smallest absolute Gasteiger partial charge is 0.227 e. The molecular formula is C13H18N2O3. The third-order valence-electron chi connectivity index (χ3n) is 2.85. The molecule has 0 saturated carbocycles. The predicted molar refractivity (Wildman–Crippen MR) is 69.1 cm³/mol. The largest absolute Gasteiger partial charge is 0.490 e. The van der Waals surface area contributed by atoms with Gasteiger partial charge in [-0.2, -0.15) is 0 Å². The van der Waals surface area contributed by atoms with Gasteiger partial charge in [-0.15, -0.1) is 0 Å². The molecule has 0 unspecified atom stereocenters. The number of rotatable bonds is 3. The summed E-state index contributed by atoms with van der Waals surface area (Å²) in [5, 5.41) is 0. The Balaban J connectivity index is 2.19. The van der Waals surface area contributed by atoms with E-state index in [1.54, 1.807) is 11.9 Å². The Morgan fingerprint density at radius 2 is 2.06 bits per heavy atom. The maximum absolute atomic E-state index is 11.8. The van der Waals surface area contributed by atoms with Crippen molar-refractivity contribution in [1.29, 1.82) is 0 Å². The quantitative estimate of drug-likeness (QED) is 0.874. The third kappa shape index (κ3) is 2.73. The zero-order chi connectivity index (χ0) is 13.0. The molecule has 0 aliphatic carbocycles. The number of benzene rings is 1. The minimum absolute atomic E-state index is 0.00742. The Morgan fingerprint density at radius 3 is 2.78 bits per heavy atom. The highest BCUT2D eigenvalue weighted by Gasteiger charge is 2.15. The molecule has 18 heavy (non-hydrogen) atoms. The summed E-state index contributed by atoms with van der Waals surface area (Å²) in [6, 6.07) is 5.51. The zero-order valence-corrected chi connectivity index (χ0v) is 10.5. The molecule has 1 heterocycles. The summed E-state index contributed by atoms with van der Waals surface area (Å²) in [5.41, 5.74) is 6.17. The van der Waals surface area contributed by atoms with Crippen molar-refractivity contribution in [3.8, 4) is 11.5 Å². The number of nitrogens with two attached hydrogens (primary N) is 1. The molecule has 1 aliphatic heterocycles. The van der Waals surface area contributed by atoms with Crippen LogP contribution in [0.2, 0.25) is 0 Å². The molecule has 0 radical (unpaired) electrons. The number of carbonyl (C=O) groups excluding carboxylic acids is 1. The molecule has 5 nitrogen and oxygen atoms in total. The Labute approximate surface area is 106 Å². The average molecular weight is 250 g/mol. The number of amides is 1. The summed E-state index contributed by atoms with van der Waals surface area (Å²) < 4.78 is 11.1. The molecule has 0 spiro atoms. The number of ether oxygens (including phenoxy) is 2. The maximum atomic E-state index is 11.8. The first-order chi connectivity index (χ1) is 8.72. The zero-order valence-electron chi connectivity index (χ0n) is 10.5. The van der Waals surface area contributed by atoms with E-state index in [4.69, 9.17) is 15.2 Å². The lowest BCUT2D eigenvalue weighted by Gasteiger charge is -2.18. The van der Waals surface area contributed by atoms with Crippen LogP contribution in [0.15, 0.2) is 18.2 Å². The van der Waals surface area contributed by atoms with Gasteiger partial charge in [0, 0.05) is 38.2 Å². The molecule has 1 aliphatic rings. The fraction of sp³-hybridized carbons (Fsp3) is 0.462. The Kier molecular flexibility index (Phi) is 4.04. The maximum Gasteiger partial charge on any atom is 0.227 e. The first-order valence-electron chi connectivity index (χ1n) is 6.08. The second kappa shape index (κ2) is 5.73. The van der Waals surface area contributed by atoms with Crippen molar-refractivity contribution < 1.29 is 14.3 Å². The lowest BCUT2D eigenvalue weighted by Crippen LogP contribution is -2.28. The Bertz CT molecular complexity index is 434. The highest BCUT2D eigenvalue weighted by molar-refractivity contribution is 5.93. The molecular weight excluding hydrogens is 232 g/mol. The van der Waals surface area contributed by atoms with Crippen molar-refractivity contribution in [3.63, 3.8) is 0 Å². The van der Waals surface area contributed by atoms with E-state index in [1.807, 2.05) is 18.2 Å². The normalized spacial score (nSPS) is 13.9. The van der Waals surface area contributed by atoms with Crippen LogP contribution in [0, 0.1) is 0 Å². The topological polar surface area (TPSA) is 64.8 Å². The van der Waals surface area contributed by atoms with Gasteiger partial charge in [-0.1, -0.05) is 0 Å². The molecule has 98 valence electrons. The van der Waals surface area contributed by atoms with E-state index in [-0.39, 0.29) is 5.91 Å². The molecule has 1 aromatic carbocycles. The number of hydrogen-bond acceptors (Lipinski definition) is 4. The molecule has 0 bridgehead atoms. The fourth-order valence-electron chi connectivity index (χ4n) is 1.80. The van der Waals surface area contributed by atoms with Gasteiger partial charge in [0.25, 0.3) is 0 Å². The van der Waals surface area contributed by atoms with Crippen molar-refractivity contribution in [1.82, 2.24) is 0 Å². The van der Waals surface area contributed by atoms with Crippen LogP contribution in [0.3, 0.4) is 0 Å². The summed E-state index contributed by atoms with van der Waals surface area (Å²) >= 11 is 0. The van der Waals surface area contributed by atoms with Gasteiger partial charge in [0.2, 0.25) is 5.91 Å². The third-order valence-corrected chi connectivity index (χ3v) is 2.85. The van der Waals surface area contributed by atoms with Crippen molar-refractivity contribution in [2.45, 2.75) is 12.8 Å². The van der Waals surface area contributed by atoms with Gasteiger partial charge < -0.3 is 20.1 Å². The van der Waals surface area contributed by atoms with Gasteiger partial charge in [0.1, 0.15) is 0 Å². The summed E-state index contributed by atoms with van der Waals surface area (Å²) in [5.74, 6) is 1.42. The Morgan fingerprint density at radius 1 is 1.33 bits per heavy atom. The number of hydrogen-bond donors (Lipinski definition) is 1. The minimum Gasteiger partial charge on any atom is -0.490 e. The number of fused-ring (bicyclic) bond motifs is 1. The monoisotopic (exact) mass is 250 g/mol. The lowest BCUT2D eigenvalue weighted by atomic mass is 10.2. The molecule has 2 rings (SSSR count). The summed E-state index contributed by atoms with van der Waals surface area (Å²) in [6.07, 6.45) is 1.21. The van der Waals surface area contributed by atoms with Crippen LogP contribution >= 0.6 is 0 Å². The van der Waals surface area contributed by atoms with E-state index in [2.05, 4.69) is 0 Å². The van der Waals surface area contributed by atoms with Gasteiger partial charge in [0.15, 0.2) is 11.5 Å². The predicted octanol–water partition coefficient (Wildman–Crippen LogP) is 1.16. The van der Waals surface area contributed by atoms with E-state index < -0.39 is 0 Å². The lowest BCUT2D eigenvalue weighted by molar-refractivity contribution is -0.118.